The molecule has 1 atom stereocenters. The van der Waals surface area contributed by atoms with E-state index in [-0.39, 0.29) is 23.8 Å². The average molecular weight is 369 g/mol. The topological polar surface area (TPSA) is 84.5 Å². The minimum Gasteiger partial charge on any atom is -0.408 e. The normalized spacial score (nSPS) is 22.5. The molecular formula is C20H23N3O4. The van der Waals surface area contributed by atoms with E-state index in [1.165, 1.54) is 4.57 Å². The molecule has 1 fully saturated rings. The number of hydrogen-bond acceptors (Lipinski definition) is 4. The molecule has 0 saturated carbocycles. The third-order valence-corrected chi connectivity index (χ3v) is 5.79. The molecule has 1 aliphatic carbocycles. The molecule has 0 radical (unpaired) electrons. The monoisotopic (exact) mass is 369 g/mol. The number of carbonyl (C=O) groups is 2. The van der Waals surface area contributed by atoms with Gasteiger partial charge in [0.15, 0.2) is 5.58 Å². The lowest BCUT2D eigenvalue weighted by Gasteiger charge is -2.46. The van der Waals surface area contributed by atoms with Crippen molar-refractivity contribution in [1.82, 2.24) is 14.8 Å². The van der Waals surface area contributed by atoms with E-state index in [9.17, 15) is 14.4 Å². The van der Waals surface area contributed by atoms with Crippen molar-refractivity contribution in [2.75, 3.05) is 13.6 Å². The second kappa shape index (κ2) is 6.72. The summed E-state index contributed by atoms with van der Waals surface area (Å²) >= 11 is 0. The van der Waals surface area contributed by atoms with E-state index in [0.29, 0.717) is 24.1 Å². The van der Waals surface area contributed by atoms with Crippen LogP contribution in [0.5, 0.6) is 0 Å². The molecule has 7 heteroatoms. The predicted octanol–water partition coefficient (Wildman–Crippen LogP) is 2.02. The zero-order valence-electron chi connectivity index (χ0n) is 15.4. The molecule has 1 N–H and O–H groups in total. The standard InChI is InChI=1S/C20H23N3O4/c1-22-16-8-4-5-10-20(16,11-9-18(22)25)13-21-17(24)12-23-14-6-2-3-7-15(14)27-19(23)26/h2-3,6-8H,4-5,9-13H2,1H3,(H,21,24). The van der Waals surface area contributed by atoms with Crippen LogP contribution >= 0.6 is 0 Å². The predicted molar refractivity (Wildman–Crippen MR) is 99.9 cm³/mol. The quantitative estimate of drug-likeness (QED) is 0.894. The number of fused-ring (bicyclic) bond motifs is 2. The Morgan fingerprint density at radius 1 is 1.26 bits per heavy atom. The first-order valence-corrected chi connectivity index (χ1v) is 9.32. The Hall–Kier alpha value is -2.83. The van der Waals surface area contributed by atoms with Gasteiger partial charge in [-0.2, -0.15) is 0 Å². The van der Waals surface area contributed by atoms with Gasteiger partial charge < -0.3 is 14.6 Å². The molecule has 4 rings (SSSR count). The van der Waals surface area contributed by atoms with Gasteiger partial charge in [-0.25, -0.2) is 4.79 Å². The summed E-state index contributed by atoms with van der Waals surface area (Å²) in [5.74, 6) is -0.644. The fourth-order valence-corrected chi connectivity index (χ4v) is 4.32. The highest BCUT2D eigenvalue weighted by Crippen LogP contribution is 2.45. The molecule has 27 heavy (non-hydrogen) atoms. The van der Waals surface area contributed by atoms with E-state index < -0.39 is 5.76 Å². The molecule has 0 bridgehead atoms. The van der Waals surface area contributed by atoms with Crippen molar-refractivity contribution < 1.29 is 14.0 Å². The minimum atomic E-state index is -0.536. The zero-order valence-corrected chi connectivity index (χ0v) is 15.4. The van der Waals surface area contributed by atoms with Gasteiger partial charge >= 0.3 is 5.76 Å². The summed E-state index contributed by atoms with van der Waals surface area (Å²) in [5, 5.41) is 2.99. The highest BCUT2D eigenvalue weighted by Gasteiger charge is 2.43. The molecule has 2 aliphatic rings. The molecule has 2 heterocycles. The number of oxazole rings is 1. The van der Waals surface area contributed by atoms with Gasteiger partial charge in [0.2, 0.25) is 11.8 Å². The van der Waals surface area contributed by atoms with E-state index in [4.69, 9.17) is 4.42 Å². The molecule has 2 amide bonds. The molecule has 2 aromatic rings. The van der Waals surface area contributed by atoms with Gasteiger partial charge in [0.25, 0.3) is 0 Å². The van der Waals surface area contributed by atoms with E-state index in [1.54, 1.807) is 29.2 Å². The summed E-state index contributed by atoms with van der Waals surface area (Å²) in [5.41, 5.74) is 1.91. The first-order chi connectivity index (χ1) is 13.0. The van der Waals surface area contributed by atoms with E-state index in [2.05, 4.69) is 11.4 Å². The van der Waals surface area contributed by atoms with Crippen LogP contribution in [0, 0.1) is 5.41 Å². The number of para-hydroxylation sites is 2. The summed E-state index contributed by atoms with van der Waals surface area (Å²) in [6.45, 7) is 0.388. The second-order valence-corrected chi connectivity index (χ2v) is 7.41. The Labute approximate surface area is 156 Å². The van der Waals surface area contributed by atoms with Gasteiger partial charge in [-0.05, 0) is 37.8 Å². The Morgan fingerprint density at radius 2 is 2.07 bits per heavy atom. The van der Waals surface area contributed by atoms with Gasteiger partial charge in [0.05, 0.1) is 5.52 Å². The molecule has 1 saturated heterocycles. The van der Waals surface area contributed by atoms with Crippen LogP contribution in [0.1, 0.15) is 32.1 Å². The number of likely N-dealkylation sites (tertiary alicyclic amines) is 1. The lowest BCUT2D eigenvalue weighted by Crippen LogP contribution is -2.49. The number of amides is 2. The molecule has 1 unspecified atom stereocenters. The lowest BCUT2D eigenvalue weighted by molar-refractivity contribution is -0.132. The van der Waals surface area contributed by atoms with Gasteiger partial charge in [-0.1, -0.05) is 18.2 Å². The number of nitrogens with zero attached hydrogens (tertiary/aromatic N) is 2. The Bertz CT molecular complexity index is 987. The first-order valence-electron chi connectivity index (χ1n) is 9.32. The summed E-state index contributed by atoms with van der Waals surface area (Å²) in [6.07, 6.45) is 6.32. The van der Waals surface area contributed by atoms with Crippen molar-refractivity contribution in [3.63, 3.8) is 0 Å². The third-order valence-electron chi connectivity index (χ3n) is 5.79. The second-order valence-electron chi connectivity index (χ2n) is 7.41. The largest absolute Gasteiger partial charge is 0.420 e. The number of hydrogen-bond donors (Lipinski definition) is 1. The zero-order chi connectivity index (χ0) is 19.0. The first kappa shape index (κ1) is 17.6. The summed E-state index contributed by atoms with van der Waals surface area (Å²) in [6, 6.07) is 7.05. The number of aromatic nitrogens is 1. The van der Waals surface area contributed by atoms with E-state index in [1.807, 2.05) is 7.05 Å². The molecule has 1 aliphatic heterocycles. The van der Waals surface area contributed by atoms with Gasteiger partial charge in [-0.3, -0.25) is 14.2 Å². The van der Waals surface area contributed by atoms with E-state index in [0.717, 1.165) is 31.4 Å². The third kappa shape index (κ3) is 3.07. The minimum absolute atomic E-state index is 0.0836. The number of rotatable bonds is 4. The van der Waals surface area contributed by atoms with Crippen LogP contribution in [0.25, 0.3) is 11.1 Å². The number of nitrogens with one attached hydrogen (secondary N) is 1. The smallest absolute Gasteiger partial charge is 0.408 e. The number of benzene rings is 1. The van der Waals surface area contributed by atoms with Crippen molar-refractivity contribution >= 4 is 22.9 Å². The number of piperidine rings is 1. The molecule has 0 spiro atoms. The summed E-state index contributed by atoms with van der Waals surface area (Å²) < 4.78 is 6.52. The van der Waals surface area contributed by atoms with Crippen molar-refractivity contribution in [2.24, 2.45) is 5.41 Å². The fourth-order valence-electron chi connectivity index (χ4n) is 4.32. The maximum absolute atomic E-state index is 12.6. The Kier molecular flexibility index (Phi) is 4.37. The molecular weight excluding hydrogens is 346 g/mol. The molecule has 1 aromatic carbocycles. The highest BCUT2D eigenvalue weighted by molar-refractivity contribution is 5.81. The van der Waals surface area contributed by atoms with Crippen molar-refractivity contribution in [1.29, 1.82) is 0 Å². The van der Waals surface area contributed by atoms with Crippen LogP contribution < -0.4 is 11.1 Å². The number of allylic oxidation sites excluding steroid dienone is 1. The van der Waals surface area contributed by atoms with Crippen LogP contribution in [-0.4, -0.2) is 34.9 Å². The molecule has 7 nitrogen and oxygen atoms in total. The maximum Gasteiger partial charge on any atom is 0.420 e. The van der Waals surface area contributed by atoms with Crippen LogP contribution in [0.2, 0.25) is 0 Å². The molecule has 1 aromatic heterocycles. The van der Waals surface area contributed by atoms with Gasteiger partial charge in [0.1, 0.15) is 6.54 Å². The van der Waals surface area contributed by atoms with E-state index >= 15 is 0 Å². The summed E-state index contributed by atoms with van der Waals surface area (Å²) in [4.78, 5) is 38.4. The van der Waals surface area contributed by atoms with Crippen LogP contribution in [-0.2, 0) is 16.1 Å². The van der Waals surface area contributed by atoms with Crippen molar-refractivity contribution in [2.45, 2.75) is 38.6 Å². The van der Waals surface area contributed by atoms with Crippen LogP contribution in [0.15, 0.2) is 45.3 Å². The molecule has 142 valence electrons. The SMILES string of the molecule is CN1C(=O)CCC2(CNC(=O)Cn3c(=O)oc4ccccc43)CCCC=C12. The Balaban J connectivity index is 1.49. The van der Waals surface area contributed by atoms with Crippen molar-refractivity contribution in [3.05, 3.63) is 46.6 Å². The summed E-state index contributed by atoms with van der Waals surface area (Å²) in [7, 11) is 1.81. The number of carbonyl (C=O) groups excluding carboxylic acids is 2. The van der Waals surface area contributed by atoms with Gasteiger partial charge in [0, 0.05) is 31.1 Å². The average Bonchev–Trinajstić information content (AvgIpc) is 2.99. The van der Waals surface area contributed by atoms with Gasteiger partial charge in [-0.15, -0.1) is 0 Å². The fraction of sp³-hybridized carbons (Fsp3) is 0.450. The maximum atomic E-state index is 12.6. The van der Waals surface area contributed by atoms with Crippen LogP contribution in [0.3, 0.4) is 0 Å². The lowest BCUT2D eigenvalue weighted by atomic mass is 9.70. The van der Waals surface area contributed by atoms with Crippen LogP contribution in [0.4, 0.5) is 0 Å². The highest BCUT2D eigenvalue weighted by atomic mass is 16.4. The Morgan fingerprint density at radius 3 is 2.93 bits per heavy atom. The van der Waals surface area contributed by atoms with Crippen molar-refractivity contribution in [3.8, 4) is 0 Å².